The molecule has 0 radical (unpaired) electrons. The molecule has 7 rings (SSSR count). The monoisotopic (exact) mass is 1480 g/mol. The predicted octanol–water partition coefficient (Wildman–Crippen LogP) is -18.2. The van der Waals surface area contributed by atoms with E-state index >= 15 is 0 Å². The molecule has 7 saturated heterocycles. The molecular weight excluding hydrogens is 1380 g/mol. The molecule has 0 unspecified atom stereocenters. The Balaban J connectivity index is 1.25. The minimum Gasteiger partial charge on any atom is -0.394 e. The van der Waals surface area contributed by atoms with Gasteiger partial charge in [0.05, 0.1) is 65.5 Å². The minimum atomic E-state index is -2.52. The van der Waals surface area contributed by atoms with E-state index in [0.29, 0.717) is 0 Å². The van der Waals surface area contributed by atoms with E-state index in [0.717, 1.165) is 27.7 Å². The fourth-order valence-corrected chi connectivity index (χ4v) is 12.6. The average Bonchev–Trinajstić information content (AvgIpc) is 0.777. The molecule has 7 fully saturated rings. The van der Waals surface area contributed by atoms with Gasteiger partial charge in [-0.3, -0.25) is 19.2 Å². The summed E-state index contributed by atoms with van der Waals surface area (Å²) >= 11 is 0. The lowest BCUT2D eigenvalue weighted by molar-refractivity contribution is -0.396. The van der Waals surface area contributed by atoms with Crippen molar-refractivity contribution in [1.29, 1.82) is 0 Å². The second-order valence-electron chi connectivity index (χ2n) is 25.1. The third-order valence-corrected chi connectivity index (χ3v) is 17.9. The highest BCUT2D eigenvalue weighted by Crippen LogP contribution is 2.38. The van der Waals surface area contributed by atoms with Crippen LogP contribution < -0.4 is 21.3 Å². The van der Waals surface area contributed by atoms with Gasteiger partial charge in [0.15, 0.2) is 44.0 Å². The summed E-state index contributed by atoms with van der Waals surface area (Å²) in [5, 5.41) is 262. The number of nitrogens with one attached hydrogen (secondary N) is 4. The number of aliphatic hydroxyl groups is 23. The van der Waals surface area contributed by atoms with E-state index in [1.807, 2.05) is 0 Å². The van der Waals surface area contributed by atoms with Gasteiger partial charge in [-0.25, -0.2) is 0 Å². The first-order chi connectivity index (χ1) is 47.7. The van der Waals surface area contributed by atoms with Crippen LogP contribution in [0.4, 0.5) is 0 Å². The first kappa shape index (κ1) is 84.7. The van der Waals surface area contributed by atoms with Crippen LogP contribution in [0.1, 0.15) is 27.7 Å². The molecule has 0 aliphatic carbocycles. The Hall–Kier alpha value is -3.60. The van der Waals surface area contributed by atoms with Gasteiger partial charge in [0.2, 0.25) is 23.6 Å². The Morgan fingerprint density at radius 2 is 0.693 bits per heavy atom. The zero-order valence-corrected chi connectivity index (χ0v) is 54.5. The van der Waals surface area contributed by atoms with Gasteiger partial charge in [0.1, 0.15) is 189 Å². The fraction of sp³-hybridized carbons (Fsp3) is 0.929. The summed E-state index contributed by atoms with van der Waals surface area (Å²) < 4.78 is 82.8. The number of carbonyl (C=O) groups excluding carboxylic acids is 4. The predicted molar refractivity (Wildman–Crippen MR) is 313 cm³/mol. The van der Waals surface area contributed by atoms with Crippen molar-refractivity contribution in [1.82, 2.24) is 21.3 Å². The second kappa shape index (κ2) is 37.8. The normalized spacial score (nSPS) is 45.0. The van der Waals surface area contributed by atoms with Crippen molar-refractivity contribution in [3.8, 4) is 0 Å². The van der Waals surface area contributed by atoms with Crippen molar-refractivity contribution in [2.45, 2.75) is 267 Å². The highest BCUT2D eigenvalue weighted by atomic mass is 16.8. The van der Waals surface area contributed by atoms with Gasteiger partial charge in [-0.15, -0.1) is 0 Å². The Morgan fingerprint density at radius 3 is 1.14 bits per heavy atom. The maximum atomic E-state index is 12.9. The third kappa shape index (κ3) is 19.6. The van der Waals surface area contributed by atoms with Gasteiger partial charge in [0.25, 0.3) is 0 Å². The number of hydrogen-bond donors (Lipinski definition) is 27. The average molecular weight is 1480 g/mol. The maximum absolute atomic E-state index is 12.9. The topological polar surface area (TPSA) is 711 Å². The van der Waals surface area contributed by atoms with Crippen LogP contribution in [-0.4, -0.2) is 440 Å². The lowest BCUT2D eigenvalue weighted by atomic mass is 9.94. The van der Waals surface area contributed by atoms with Crippen LogP contribution in [0.5, 0.6) is 0 Å². The lowest BCUT2D eigenvalue weighted by Crippen LogP contribution is -2.70. The van der Waals surface area contributed by atoms with Gasteiger partial charge in [-0.05, 0) is 0 Å². The highest BCUT2D eigenvalue weighted by Gasteiger charge is 2.59. The largest absolute Gasteiger partial charge is 0.394 e. The SMILES string of the molecule is CC(=O)N[C@H]1[C@H](O[C@@H]([C@H](O)[C@H](CO)NC(C)=O)[C@H](O)CO)O[C@H](CO)[C@@H](O[C@@H]2O[C@H](CO[C@H]3O[C@H](CO)[C@@H](O)[C@H](O)[C@@H]3O[C@@H]3O[C@H](CO)[C@@H](O[C@@H]4O[C@H](CO)[C@H](O)[C@H](O)[C@H]4O)[C@H](O)[C@H]3NC(C)=O)[C@@H](O)[C@H](O[C@H]3O[C@H](CO)[C@@H](O)[C@H](O)[C@@H]3O[C@@H]3O[C@H](CO)[C@@H](O)[C@H](O)[C@H]3NC(C)=O)[C@@H]2O)[C@@H]1O. The molecule has 586 valence electrons. The van der Waals surface area contributed by atoms with Crippen LogP contribution in [0.2, 0.25) is 0 Å². The summed E-state index contributed by atoms with van der Waals surface area (Å²) in [5.74, 6) is -3.53. The zero-order valence-electron chi connectivity index (χ0n) is 54.5. The van der Waals surface area contributed by atoms with Gasteiger partial charge in [-0.2, -0.15) is 0 Å². The molecule has 7 aliphatic rings. The molecule has 0 aromatic rings. The molecule has 39 atom stereocenters. The molecule has 7 heterocycles. The van der Waals surface area contributed by atoms with E-state index in [1.54, 1.807) is 0 Å². The molecule has 0 spiro atoms. The van der Waals surface area contributed by atoms with E-state index in [4.69, 9.17) is 66.3 Å². The van der Waals surface area contributed by atoms with E-state index in [2.05, 4.69) is 21.3 Å². The molecule has 0 aromatic heterocycles. The quantitative estimate of drug-likeness (QED) is 0.0318. The Bertz CT molecular complexity index is 2590. The second-order valence-corrected chi connectivity index (χ2v) is 25.1. The minimum absolute atomic E-state index is 0.794. The number of amides is 4. The lowest BCUT2D eigenvalue weighted by Gasteiger charge is -2.50. The fourth-order valence-electron chi connectivity index (χ4n) is 12.6. The third-order valence-electron chi connectivity index (χ3n) is 17.9. The molecule has 45 nitrogen and oxygen atoms in total. The van der Waals surface area contributed by atoms with E-state index < -0.39 is 322 Å². The van der Waals surface area contributed by atoms with Crippen molar-refractivity contribution in [2.75, 3.05) is 59.5 Å². The van der Waals surface area contributed by atoms with Crippen LogP contribution in [0.25, 0.3) is 0 Å². The van der Waals surface area contributed by atoms with Gasteiger partial charge < -0.3 is 205 Å². The zero-order chi connectivity index (χ0) is 74.9. The first-order valence-electron chi connectivity index (χ1n) is 32.0. The van der Waals surface area contributed by atoms with Gasteiger partial charge in [-0.1, -0.05) is 0 Å². The number of hydrogen-bond acceptors (Lipinski definition) is 41. The first-order valence-corrected chi connectivity index (χ1v) is 32.0. The Kier molecular flexibility index (Phi) is 31.7. The molecule has 101 heavy (non-hydrogen) atoms. The van der Waals surface area contributed by atoms with Crippen molar-refractivity contribution in [3.63, 3.8) is 0 Å². The van der Waals surface area contributed by atoms with Crippen LogP contribution in [-0.2, 0) is 85.5 Å². The van der Waals surface area contributed by atoms with Crippen molar-refractivity contribution >= 4 is 23.6 Å². The van der Waals surface area contributed by atoms with Crippen LogP contribution >= 0.6 is 0 Å². The molecule has 4 amide bonds. The number of aliphatic hydroxyl groups excluding tert-OH is 23. The standard InChI is InChI=1S/C56H96N4O41/c1-14(69)57-18(5-61)30(74)44(19(73)6-62)96-51-28(59-16(3)71)37(81)46(25(12-68)93-51)98-54-43(87)47(99-56-49(41(85)34(78)23(10-66)92-56)101-50-27(58-15(2)70)36(80)31(75)20(7-63)89-50)35(79)26(95-54)13-88-55-48(40(84)33(77)22(9-65)91-55)100-52-29(60-17(4)72)38(82)45(24(11-67)94-52)97-53-42(86)39(83)32(76)21(8-64)90-53/h18-56,61-68,73-87H,5-13H2,1-4H3,(H,57,69)(H,58,70)(H,59,71)(H,60,72)/t18-,19+,20+,21+,22+,23+,24+,25+,26+,27+,28+,29+,30+,31+,32-,33+,34+,35+,36+,37+,38+,39-,40-,41-,42+,43-,44+,45+,46+,47-,48-,49-,50-,51-,52-,53-,54-,55-,56+/m0/s1. The summed E-state index contributed by atoms with van der Waals surface area (Å²) in [6.45, 7) is -5.91. The molecule has 0 saturated carbocycles. The highest BCUT2D eigenvalue weighted by molar-refractivity contribution is 5.74. The molecule has 7 aliphatic heterocycles. The van der Waals surface area contributed by atoms with E-state index in [1.165, 1.54) is 0 Å². The van der Waals surface area contributed by atoms with Crippen molar-refractivity contribution in [2.24, 2.45) is 0 Å². The smallest absolute Gasteiger partial charge is 0.217 e. The van der Waals surface area contributed by atoms with Crippen molar-refractivity contribution < 1.29 is 203 Å². The summed E-state index contributed by atoms with van der Waals surface area (Å²) in [6, 6.07) is -7.21. The Morgan fingerprint density at radius 1 is 0.337 bits per heavy atom. The van der Waals surface area contributed by atoms with E-state index in [-0.39, 0.29) is 0 Å². The molecule has 45 heteroatoms. The van der Waals surface area contributed by atoms with E-state index in [9.17, 15) is 137 Å². The summed E-state index contributed by atoms with van der Waals surface area (Å²) in [7, 11) is 0. The van der Waals surface area contributed by atoms with Crippen LogP contribution in [0.3, 0.4) is 0 Å². The maximum Gasteiger partial charge on any atom is 0.217 e. The molecule has 0 bridgehead atoms. The Labute approximate surface area is 572 Å². The van der Waals surface area contributed by atoms with Crippen LogP contribution in [0.15, 0.2) is 0 Å². The van der Waals surface area contributed by atoms with Crippen LogP contribution in [0, 0.1) is 0 Å². The number of carbonyl (C=O) groups is 4. The van der Waals surface area contributed by atoms with Gasteiger partial charge in [0, 0.05) is 27.7 Å². The summed E-state index contributed by atoms with van der Waals surface area (Å²) in [4.78, 5) is 50.1. The number of ether oxygens (including phenoxy) is 14. The van der Waals surface area contributed by atoms with Gasteiger partial charge >= 0.3 is 0 Å². The summed E-state index contributed by atoms with van der Waals surface area (Å²) in [5.41, 5.74) is 0. The van der Waals surface area contributed by atoms with Crippen molar-refractivity contribution in [3.05, 3.63) is 0 Å². The molecular formula is C56H96N4O41. The molecule has 27 N–H and O–H groups in total. The summed E-state index contributed by atoms with van der Waals surface area (Å²) in [6.07, 6.45) is -72.8. The molecule has 0 aromatic carbocycles. The number of rotatable bonds is 30.